The van der Waals surface area contributed by atoms with Gasteiger partial charge in [-0.3, -0.25) is 9.59 Å². The van der Waals surface area contributed by atoms with Gasteiger partial charge in [-0.1, -0.05) is 0 Å². The van der Waals surface area contributed by atoms with E-state index in [0.717, 1.165) is 19.6 Å². The Morgan fingerprint density at radius 3 is 2.56 bits per heavy atom. The van der Waals surface area contributed by atoms with E-state index in [-0.39, 0.29) is 30.8 Å². The largest absolute Gasteiger partial charge is 0.469 e. The van der Waals surface area contributed by atoms with Gasteiger partial charge < -0.3 is 14.5 Å². The third-order valence-electron chi connectivity index (χ3n) is 2.92. The summed E-state index contributed by atoms with van der Waals surface area (Å²) in [5.41, 5.74) is 0. The molecule has 1 aliphatic heterocycles. The minimum atomic E-state index is -0.324. The Bertz CT molecular complexity index is 268. The van der Waals surface area contributed by atoms with E-state index >= 15 is 0 Å². The van der Waals surface area contributed by atoms with Crippen molar-refractivity contribution < 1.29 is 14.3 Å². The van der Waals surface area contributed by atoms with Gasteiger partial charge in [-0.15, -0.1) is 0 Å². The van der Waals surface area contributed by atoms with Crippen LogP contribution in [0.15, 0.2) is 0 Å². The van der Waals surface area contributed by atoms with Crippen LogP contribution in [0.25, 0.3) is 0 Å². The summed E-state index contributed by atoms with van der Waals surface area (Å²) in [6.45, 7) is 4.57. The van der Waals surface area contributed by atoms with Crippen LogP contribution in [0, 0.1) is 0 Å². The van der Waals surface area contributed by atoms with Gasteiger partial charge in [0.15, 0.2) is 0 Å². The van der Waals surface area contributed by atoms with E-state index in [9.17, 15) is 9.59 Å². The van der Waals surface area contributed by atoms with Crippen LogP contribution in [0.3, 0.4) is 0 Å². The average molecular weight is 228 g/mol. The van der Waals surface area contributed by atoms with Gasteiger partial charge in [-0.05, 0) is 14.0 Å². The second-order valence-electron chi connectivity index (χ2n) is 4.27. The molecular weight excluding hydrogens is 208 g/mol. The molecule has 92 valence electrons. The van der Waals surface area contributed by atoms with Gasteiger partial charge in [0.25, 0.3) is 0 Å². The van der Waals surface area contributed by atoms with Gasteiger partial charge in [0.1, 0.15) is 0 Å². The number of esters is 1. The van der Waals surface area contributed by atoms with E-state index in [2.05, 4.69) is 9.64 Å². The monoisotopic (exact) mass is 228 g/mol. The van der Waals surface area contributed by atoms with Crippen molar-refractivity contribution in [1.82, 2.24) is 9.80 Å². The molecule has 1 atom stereocenters. The smallest absolute Gasteiger partial charge is 0.306 e. The highest BCUT2D eigenvalue weighted by atomic mass is 16.5. The summed E-state index contributed by atoms with van der Waals surface area (Å²) in [4.78, 5) is 26.8. The number of hydrogen-bond acceptors (Lipinski definition) is 4. The van der Waals surface area contributed by atoms with Gasteiger partial charge in [-0.2, -0.15) is 0 Å². The molecule has 5 heteroatoms. The summed E-state index contributed by atoms with van der Waals surface area (Å²) >= 11 is 0. The molecule has 0 N–H and O–H groups in total. The molecule has 5 nitrogen and oxygen atoms in total. The van der Waals surface area contributed by atoms with E-state index in [1.165, 1.54) is 7.11 Å². The number of piperazine rings is 1. The zero-order chi connectivity index (χ0) is 12.1. The molecule has 0 aromatic heterocycles. The molecule has 1 aliphatic rings. The maximum absolute atomic E-state index is 11.8. The van der Waals surface area contributed by atoms with Gasteiger partial charge in [0.05, 0.1) is 13.5 Å². The van der Waals surface area contributed by atoms with E-state index < -0.39 is 0 Å². The highest BCUT2D eigenvalue weighted by Gasteiger charge is 2.25. The predicted octanol–water partition coefficient (Wildman–Crippen LogP) is 0.102. The maximum atomic E-state index is 11.8. The Morgan fingerprint density at radius 1 is 1.31 bits per heavy atom. The standard InChI is InChI=1S/C11H20N2O3/c1-9-8-12(2)6-7-13(9)10(14)4-5-11(15)16-3/h9H,4-8H2,1-3H3. The van der Waals surface area contributed by atoms with Crippen molar-refractivity contribution in [2.75, 3.05) is 33.8 Å². The fourth-order valence-electron chi connectivity index (χ4n) is 1.96. The Balaban J connectivity index is 2.39. The normalized spacial score (nSPS) is 21.9. The average Bonchev–Trinajstić information content (AvgIpc) is 2.25. The topological polar surface area (TPSA) is 49.9 Å². The van der Waals surface area contributed by atoms with Crippen LogP contribution in [0.4, 0.5) is 0 Å². The van der Waals surface area contributed by atoms with Crippen molar-refractivity contribution >= 4 is 11.9 Å². The fourth-order valence-corrected chi connectivity index (χ4v) is 1.96. The maximum Gasteiger partial charge on any atom is 0.306 e. The summed E-state index contributed by atoms with van der Waals surface area (Å²) in [5.74, 6) is -0.277. The molecule has 1 heterocycles. The number of carbonyl (C=O) groups excluding carboxylic acids is 2. The zero-order valence-corrected chi connectivity index (χ0v) is 10.2. The van der Waals surface area contributed by atoms with Gasteiger partial charge in [-0.25, -0.2) is 0 Å². The van der Waals surface area contributed by atoms with Crippen LogP contribution >= 0.6 is 0 Å². The van der Waals surface area contributed by atoms with Crippen LogP contribution in [0.2, 0.25) is 0 Å². The van der Waals surface area contributed by atoms with Crippen molar-refractivity contribution in [2.24, 2.45) is 0 Å². The van der Waals surface area contributed by atoms with Gasteiger partial charge in [0.2, 0.25) is 5.91 Å². The van der Waals surface area contributed by atoms with Gasteiger partial charge >= 0.3 is 5.97 Å². The summed E-state index contributed by atoms with van der Waals surface area (Å²) in [6.07, 6.45) is 0.426. The number of hydrogen-bond donors (Lipinski definition) is 0. The second kappa shape index (κ2) is 5.84. The first-order valence-corrected chi connectivity index (χ1v) is 5.59. The Morgan fingerprint density at radius 2 is 2.00 bits per heavy atom. The lowest BCUT2D eigenvalue weighted by Gasteiger charge is -2.38. The summed E-state index contributed by atoms with van der Waals surface area (Å²) < 4.78 is 4.51. The lowest BCUT2D eigenvalue weighted by Crippen LogP contribution is -2.52. The molecule has 0 saturated carbocycles. The van der Waals surface area contributed by atoms with Crippen LogP contribution in [0.5, 0.6) is 0 Å². The molecule has 1 fully saturated rings. The minimum Gasteiger partial charge on any atom is -0.469 e. The first-order valence-electron chi connectivity index (χ1n) is 5.59. The lowest BCUT2D eigenvalue weighted by molar-refractivity contribution is -0.144. The molecule has 1 rings (SSSR count). The first-order chi connectivity index (χ1) is 7.54. The number of rotatable bonds is 3. The molecule has 0 bridgehead atoms. The van der Waals surface area contributed by atoms with E-state index in [1.54, 1.807) is 0 Å². The number of nitrogens with zero attached hydrogens (tertiary/aromatic N) is 2. The molecule has 16 heavy (non-hydrogen) atoms. The Hall–Kier alpha value is -1.10. The first kappa shape index (κ1) is 13.0. The predicted molar refractivity (Wildman–Crippen MR) is 59.9 cm³/mol. The third kappa shape index (κ3) is 3.48. The van der Waals surface area contributed by atoms with Crippen molar-refractivity contribution in [3.8, 4) is 0 Å². The zero-order valence-electron chi connectivity index (χ0n) is 10.2. The highest BCUT2D eigenvalue weighted by molar-refractivity contribution is 5.81. The molecule has 1 unspecified atom stereocenters. The number of carbonyl (C=O) groups is 2. The van der Waals surface area contributed by atoms with Gasteiger partial charge in [0, 0.05) is 32.1 Å². The van der Waals surface area contributed by atoms with E-state index in [1.807, 2.05) is 18.9 Å². The highest BCUT2D eigenvalue weighted by Crippen LogP contribution is 2.10. The number of amides is 1. The number of methoxy groups -OCH3 is 1. The third-order valence-corrected chi connectivity index (χ3v) is 2.92. The molecule has 0 aromatic carbocycles. The van der Waals surface area contributed by atoms with Crippen LogP contribution in [-0.2, 0) is 14.3 Å². The molecule has 0 aromatic rings. The summed E-state index contributed by atoms with van der Waals surface area (Å²) in [6, 6.07) is 0.226. The molecule has 1 saturated heterocycles. The van der Waals surface area contributed by atoms with Crippen molar-refractivity contribution in [3.05, 3.63) is 0 Å². The molecule has 0 spiro atoms. The molecule has 1 amide bonds. The lowest BCUT2D eigenvalue weighted by atomic mass is 10.1. The van der Waals surface area contributed by atoms with E-state index in [4.69, 9.17) is 0 Å². The Labute approximate surface area is 96.3 Å². The van der Waals surface area contributed by atoms with Crippen LogP contribution < -0.4 is 0 Å². The van der Waals surface area contributed by atoms with Crippen LogP contribution in [0.1, 0.15) is 19.8 Å². The summed E-state index contributed by atoms with van der Waals surface area (Å²) in [7, 11) is 3.39. The minimum absolute atomic E-state index is 0.0472. The summed E-state index contributed by atoms with van der Waals surface area (Å²) in [5, 5.41) is 0. The number of ether oxygens (including phenoxy) is 1. The molecule has 0 aliphatic carbocycles. The van der Waals surface area contributed by atoms with Crippen LogP contribution in [-0.4, -0.2) is 61.5 Å². The van der Waals surface area contributed by atoms with Crippen molar-refractivity contribution in [2.45, 2.75) is 25.8 Å². The molecule has 0 radical (unpaired) electrons. The SMILES string of the molecule is COC(=O)CCC(=O)N1CCN(C)CC1C. The molecular formula is C11H20N2O3. The number of likely N-dealkylation sites (N-methyl/N-ethyl adjacent to an activating group) is 1. The fraction of sp³-hybridized carbons (Fsp3) is 0.818. The quantitative estimate of drug-likeness (QED) is 0.643. The van der Waals surface area contributed by atoms with E-state index in [0.29, 0.717) is 0 Å². The Kier molecular flexibility index (Phi) is 4.73. The van der Waals surface area contributed by atoms with Crippen molar-refractivity contribution in [3.63, 3.8) is 0 Å². The van der Waals surface area contributed by atoms with Crippen molar-refractivity contribution in [1.29, 1.82) is 0 Å². The second-order valence-corrected chi connectivity index (χ2v) is 4.27.